The molecule has 2 aromatic rings. The van der Waals surface area contributed by atoms with E-state index >= 15 is 0 Å². The number of hydrogen-bond donors (Lipinski definition) is 1. The summed E-state index contributed by atoms with van der Waals surface area (Å²) in [7, 11) is 0. The molecule has 0 spiro atoms. The van der Waals surface area contributed by atoms with Gasteiger partial charge in [0.1, 0.15) is 5.82 Å². The van der Waals surface area contributed by atoms with Gasteiger partial charge in [-0.1, -0.05) is 30.3 Å². The molecule has 104 valence electrons. The van der Waals surface area contributed by atoms with Crippen molar-refractivity contribution < 1.29 is 4.39 Å². The fourth-order valence-corrected chi connectivity index (χ4v) is 1.95. The van der Waals surface area contributed by atoms with Gasteiger partial charge in [0.15, 0.2) is 0 Å². The Balaban J connectivity index is 0.00000200. The van der Waals surface area contributed by atoms with Gasteiger partial charge in [0.05, 0.1) is 0 Å². The maximum absolute atomic E-state index is 12.8. The van der Waals surface area contributed by atoms with Crippen LogP contribution in [0.5, 0.6) is 0 Å². The van der Waals surface area contributed by atoms with Gasteiger partial charge in [-0.25, -0.2) is 4.39 Å². The zero-order valence-electron chi connectivity index (χ0n) is 11.1. The molecule has 0 atom stereocenters. The molecule has 2 rings (SSSR count). The Kier molecular flexibility index (Phi) is 6.63. The summed E-state index contributed by atoms with van der Waals surface area (Å²) in [6.45, 7) is 0.799. The molecule has 0 aliphatic heterocycles. The monoisotopic (exact) mass is 289 g/mol. The minimum Gasteiger partial charge on any atom is -0.384 e. The van der Waals surface area contributed by atoms with E-state index in [2.05, 4.69) is 11.2 Å². The van der Waals surface area contributed by atoms with Crippen LogP contribution in [-0.2, 0) is 12.8 Å². The molecule has 1 nitrogen and oxygen atoms in total. The summed E-state index contributed by atoms with van der Waals surface area (Å²) in [5.41, 5.74) is 3.31. The lowest BCUT2D eigenvalue weighted by molar-refractivity contribution is 0.627. The fourth-order valence-electron chi connectivity index (χ4n) is 1.95. The standard InChI is InChI=1S/C17H16FN.ClH/c1-2-5-15-6-3-4-7-17(15)19-13-12-14-8-10-16(18)11-9-14;/h1,3-4,6-11,19H,5,12-13H2;1H. The molecule has 0 saturated carbocycles. The molecule has 0 amide bonds. The van der Waals surface area contributed by atoms with Crippen LogP contribution in [0.3, 0.4) is 0 Å². The molecule has 0 fully saturated rings. The van der Waals surface area contributed by atoms with Crippen LogP contribution in [0.25, 0.3) is 0 Å². The van der Waals surface area contributed by atoms with E-state index in [9.17, 15) is 4.39 Å². The van der Waals surface area contributed by atoms with Gasteiger partial charge in [0, 0.05) is 18.7 Å². The van der Waals surface area contributed by atoms with Gasteiger partial charge in [0.25, 0.3) is 0 Å². The molecule has 0 aliphatic carbocycles. The van der Waals surface area contributed by atoms with E-state index in [1.54, 1.807) is 0 Å². The minimum atomic E-state index is -0.198. The molecule has 3 heteroatoms. The van der Waals surface area contributed by atoms with Crippen LogP contribution in [0.4, 0.5) is 10.1 Å². The van der Waals surface area contributed by atoms with E-state index in [1.807, 2.05) is 36.4 Å². The van der Waals surface area contributed by atoms with Gasteiger partial charge in [-0.05, 0) is 35.7 Å². The van der Waals surface area contributed by atoms with Gasteiger partial charge in [-0.2, -0.15) is 0 Å². The Hall–Kier alpha value is -1.98. The van der Waals surface area contributed by atoms with Crippen molar-refractivity contribution in [2.45, 2.75) is 12.8 Å². The zero-order chi connectivity index (χ0) is 13.5. The molecule has 1 N–H and O–H groups in total. The average Bonchev–Trinajstić information content (AvgIpc) is 2.43. The van der Waals surface area contributed by atoms with Crippen LogP contribution in [0.2, 0.25) is 0 Å². The molecule has 0 bridgehead atoms. The number of para-hydroxylation sites is 1. The predicted octanol–water partition coefficient (Wildman–Crippen LogP) is 4.08. The summed E-state index contributed by atoms with van der Waals surface area (Å²) in [6.07, 6.45) is 6.83. The lowest BCUT2D eigenvalue weighted by Crippen LogP contribution is -2.06. The van der Waals surface area contributed by atoms with Crippen molar-refractivity contribution in [1.29, 1.82) is 0 Å². The van der Waals surface area contributed by atoms with Crippen LogP contribution in [0, 0.1) is 18.2 Å². The van der Waals surface area contributed by atoms with Crippen molar-refractivity contribution in [1.82, 2.24) is 0 Å². The summed E-state index contributed by atoms with van der Waals surface area (Å²) in [4.78, 5) is 0. The second-order valence-corrected chi connectivity index (χ2v) is 4.34. The van der Waals surface area contributed by atoms with Crippen molar-refractivity contribution in [3.8, 4) is 12.3 Å². The van der Waals surface area contributed by atoms with E-state index in [0.717, 1.165) is 29.8 Å². The lowest BCUT2D eigenvalue weighted by atomic mass is 10.1. The topological polar surface area (TPSA) is 12.0 Å². The Morgan fingerprint density at radius 3 is 2.45 bits per heavy atom. The molecule has 0 saturated heterocycles. The van der Waals surface area contributed by atoms with E-state index in [4.69, 9.17) is 6.42 Å². The lowest BCUT2D eigenvalue weighted by Gasteiger charge is -2.10. The number of anilines is 1. The van der Waals surface area contributed by atoms with E-state index in [1.165, 1.54) is 12.1 Å². The highest BCUT2D eigenvalue weighted by molar-refractivity contribution is 5.85. The van der Waals surface area contributed by atoms with Crippen LogP contribution in [0.15, 0.2) is 48.5 Å². The molecule has 0 aliphatic rings. The Bertz CT molecular complexity index is 572. The SMILES string of the molecule is C#CCc1ccccc1NCCc1ccc(F)cc1.Cl. The van der Waals surface area contributed by atoms with Crippen molar-refractivity contribution in [3.63, 3.8) is 0 Å². The molecule has 0 radical (unpaired) electrons. The van der Waals surface area contributed by atoms with Crippen LogP contribution < -0.4 is 5.32 Å². The highest BCUT2D eigenvalue weighted by atomic mass is 35.5. The van der Waals surface area contributed by atoms with Crippen LogP contribution >= 0.6 is 12.4 Å². The highest BCUT2D eigenvalue weighted by Gasteiger charge is 2.00. The first-order valence-corrected chi connectivity index (χ1v) is 6.29. The van der Waals surface area contributed by atoms with Crippen LogP contribution in [0.1, 0.15) is 11.1 Å². The minimum absolute atomic E-state index is 0. The Morgan fingerprint density at radius 1 is 1.05 bits per heavy atom. The van der Waals surface area contributed by atoms with Gasteiger partial charge in [0.2, 0.25) is 0 Å². The normalized spacial score (nSPS) is 9.40. The number of halogens is 2. The van der Waals surface area contributed by atoms with E-state index in [0.29, 0.717) is 6.42 Å². The molecular formula is C17H17ClFN. The smallest absolute Gasteiger partial charge is 0.123 e. The molecular weight excluding hydrogens is 273 g/mol. The van der Waals surface area contributed by atoms with Gasteiger partial charge >= 0.3 is 0 Å². The number of terminal acetylenes is 1. The number of hydrogen-bond acceptors (Lipinski definition) is 1. The highest BCUT2D eigenvalue weighted by Crippen LogP contribution is 2.15. The van der Waals surface area contributed by atoms with Gasteiger partial charge in [-0.3, -0.25) is 0 Å². The second-order valence-electron chi connectivity index (χ2n) is 4.34. The Labute approximate surface area is 125 Å². The summed E-state index contributed by atoms with van der Waals surface area (Å²) < 4.78 is 12.8. The van der Waals surface area contributed by atoms with Gasteiger partial charge < -0.3 is 5.32 Å². The van der Waals surface area contributed by atoms with Crippen LogP contribution in [-0.4, -0.2) is 6.54 Å². The second kappa shape index (κ2) is 8.24. The molecule has 0 unspecified atom stereocenters. The number of nitrogens with one attached hydrogen (secondary N) is 1. The molecule has 0 heterocycles. The molecule has 0 aromatic heterocycles. The zero-order valence-corrected chi connectivity index (χ0v) is 11.9. The first-order chi connectivity index (χ1) is 9.29. The summed E-state index contributed by atoms with van der Waals surface area (Å²) in [5, 5.41) is 3.37. The van der Waals surface area contributed by atoms with E-state index in [-0.39, 0.29) is 18.2 Å². The summed E-state index contributed by atoms with van der Waals surface area (Å²) in [6, 6.07) is 14.6. The third kappa shape index (κ3) is 4.60. The van der Waals surface area contributed by atoms with Crippen molar-refractivity contribution in [3.05, 3.63) is 65.5 Å². The molecule has 20 heavy (non-hydrogen) atoms. The third-order valence-corrected chi connectivity index (χ3v) is 2.95. The first kappa shape index (κ1) is 16.1. The first-order valence-electron chi connectivity index (χ1n) is 6.29. The van der Waals surface area contributed by atoms with Crippen molar-refractivity contribution in [2.24, 2.45) is 0 Å². The van der Waals surface area contributed by atoms with E-state index < -0.39 is 0 Å². The number of benzene rings is 2. The molecule has 2 aromatic carbocycles. The Morgan fingerprint density at radius 2 is 1.75 bits per heavy atom. The maximum atomic E-state index is 12.8. The number of rotatable bonds is 5. The fraction of sp³-hybridized carbons (Fsp3) is 0.176. The van der Waals surface area contributed by atoms with Crippen molar-refractivity contribution >= 4 is 18.1 Å². The quantitative estimate of drug-likeness (QED) is 0.818. The third-order valence-electron chi connectivity index (χ3n) is 2.95. The maximum Gasteiger partial charge on any atom is 0.123 e. The average molecular weight is 290 g/mol. The largest absolute Gasteiger partial charge is 0.384 e. The summed E-state index contributed by atoms with van der Waals surface area (Å²) >= 11 is 0. The predicted molar refractivity (Wildman–Crippen MR) is 84.8 cm³/mol. The van der Waals surface area contributed by atoms with Crippen molar-refractivity contribution in [2.75, 3.05) is 11.9 Å². The summed E-state index contributed by atoms with van der Waals surface area (Å²) in [5.74, 6) is 2.46. The van der Waals surface area contributed by atoms with Gasteiger partial charge in [-0.15, -0.1) is 24.8 Å².